The highest BCUT2D eigenvalue weighted by molar-refractivity contribution is 9.10. The van der Waals surface area contributed by atoms with Crippen LogP contribution in [0.15, 0.2) is 46.9 Å². The molecule has 3 N–H and O–H groups in total. The molecule has 0 radical (unpaired) electrons. The second-order valence-electron chi connectivity index (χ2n) is 4.88. The minimum absolute atomic E-state index is 0.00806. The highest BCUT2D eigenvalue weighted by atomic mass is 79.9. The Morgan fingerprint density at radius 1 is 1.15 bits per heavy atom. The van der Waals surface area contributed by atoms with Crippen LogP contribution in [0.25, 0.3) is 0 Å². The normalized spacial score (nSPS) is 10.6. The number of hydrogen-bond acceptors (Lipinski definition) is 2. The lowest BCUT2D eigenvalue weighted by atomic mass is 10.0. The summed E-state index contributed by atoms with van der Waals surface area (Å²) in [5, 5.41) is 7.59. The Labute approximate surface area is 127 Å². The molecular weight excluding hydrogens is 316 g/mol. The van der Waals surface area contributed by atoms with Crippen molar-refractivity contribution in [3.8, 4) is 11.5 Å². The zero-order valence-corrected chi connectivity index (χ0v) is 13.1. The minimum atomic E-state index is -0.00806. The highest BCUT2D eigenvalue weighted by Gasteiger charge is 2.09. The number of nitrogens with two attached hydrogens (primary N) is 1. The molecule has 2 aromatic rings. The maximum Gasteiger partial charge on any atom is 0.139 e. The quantitative estimate of drug-likeness (QED) is 0.632. The van der Waals surface area contributed by atoms with Crippen LogP contribution in [0.1, 0.15) is 30.9 Å². The SMILES string of the molecule is CC(C)c1ccc(Oc2cc(Br)ccc2C(=N)N)cc1. The molecule has 4 heteroatoms. The molecule has 0 fully saturated rings. The van der Waals surface area contributed by atoms with Crippen LogP contribution < -0.4 is 10.5 Å². The lowest BCUT2D eigenvalue weighted by Gasteiger charge is -2.12. The van der Waals surface area contributed by atoms with Crippen molar-refractivity contribution < 1.29 is 4.74 Å². The summed E-state index contributed by atoms with van der Waals surface area (Å²) < 4.78 is 6.72. The van der Waals surface area contributed by atoms with Crippen LogP contribution in [0.3, 0.4) is 0 Å². The van der Waals surface area contributed by atoms with Crippen molar-refractivity contribution in [3.63, 3.8) is 0 Å². The van der Waals surface area contributed by atoms with E-state index in [1.54, 1.807) is 6.07 Å². The molecule has 20 heavy (non-hydrogen) atoms. The fourth-order valence-corrected chi connectivity index (χ4v) is 2.19. The third kappa shape index (κ3) is 3.39. The molecule has 0 heterocycles. The van der Waals surface area contributed by atoms with Crippen LogP contribution >= 0.6 is 15.9 Å². The number of amidine groups is 1. The molecule has 3 nitrogen and oxygen atoms in total. The average Bonchev–Trinajstić information content (AvgIpc) is 2.39. The van der Waals surface area contributed by atoms with Gasteiger partial charge in [0.25, 0.3) is 0 Å². The molecule has 0 atom stereocenters. The first kappa shape index (κ1) is 14.6. The van der Waals surface area contributed by atoms with E-state index in [9.17, 15) is 0 Å². The standard InChI is InChI=1S/C16H17BrN2O/c1-10(2)11-3-6-13(7-4-11)20-15-9-12(17)5-8-14(15)16(18)19/h3-10H,1-2H3,(H3,18,19). The van der Waals surface area contributed by atoms with Gasteiger partial charge in [0.1, 0.15) is 17.3 Å². The molecule has 0 unspecified atom stereocenters. The molecule has 0 aliphatic rings. The van der Waals surface area contributed by atoms with Gasteiger partial charge in [-0.05, 0) is 41.8 Å². The van der Waals surface area contributed by atoms with Gasteiger partial charge in [-0.25, -0.2) is 0 Å². The first-order chi connectivity index (χ1) is 9.47. The molecule has 0 spiro atoms. The number of nitrogens with one attached hydrogen (secondary N) is 1. The van der Waals surface area contributed by atoms with Crippen LogP contribution in [0, 0.1) is 5.41 Å². The predicted octanol–water partition coefficient (Wildman–Crippen LogP) is 4.65. The van der Waals surface area contributed by atoms with Crippen molar-refractivity contribution in [3.05, 3.63) is 58.1 Å². The Morgan fingerprint density at radius 2 is 1.80 bits per heavy atom. The van der Waals surface area contributed by atoms with Gasteiger partial charge in [0.2, 0.25) is 0 Å². The molecule has 0 amide bonds. The molecule has 0 aliphatic heterocycles. The molecule has 2 rings (SSSR count). The number of ether oxygens (including phenoxy) is 1. The Morgan fingerprint density at radius 3 is 2.35 bits per heavy atom. The molecule has 0 saturated heterocycles. The fraction of sp³-hybridized carbons (Fsp3) is 0.188. The van der Waals surface area contributed by atoms with Gasteiger partial charge >= 0.3 is 0 Å². The van der Waals surface area contributed by atoms with Gasteiger partial charge in [-0.15, -0.1) is 0 Å². The van der Waals surface area contributed by atoms with Crippen LogP contribution in [-0.2, 0) is 0 Å². The Hall–Kier alpha value is -1.81. The summed E-state index contributed by atoms with van der Waals surface area (Å²) in [6.07, 6.45) is 0. The summed E-state index contributed by atoms with van der Waals surface area (Å²) in [5.74, 6) is 1.79. The minimum Gasteiger partial charge on any atom is -0.457 e. The van der Waals surface area contributed by atoms with E-state index in [4.69, 9.17) is 15.9 Å². The summed E-state index contributed by atoms with van der Waals surface area (Å²) in [6, 6.07) is 13.4. The maximum absolute atomic E-state index is 7.59. The van der Waals surface area contributed by atoms with E-state index >= 15 is 0 Å². The van der Waals surface area contributed by atoms with Crippen molar-refractivity contribution in [1.82, 2.24) is 0 Å². The Bertz CT molecular complexity index is 621. The van der Waals surface area contributed by atoms with Gasteiger partial charge in [0, 0.05) is 4.47 Å². The Balaban J connectivity index is 2.29. The van der Waals surface area contributed by atoms with Crippen LogP contribution in [0.5, 0.6) is 11.5 Å². The fourth-order valence-electron chi connectivity index (χ4n) is 1.85. The molecule has 0 aliphatic carbocycles. The molecule has 104 valence electrons. The zero-order valence-electron chi connectivity index (χ0n) is 11.5. The number of nitrogen functional groups attached to an aromatic ring is 1. The second kappa shape index (κ2) is 6.09. The lowest BCUT2D eigenvalue weighted by molar-refractivity contribution is 0.481. The number of rotatable bonds is 4. The van der Waals surface area contributed by atoms with Gasteiger partial charge in [0.15, 0.2) is 0 Å². The summed E-state index contributed by atoms with van der Waals surface area (Å²) >= 11 is 3.40. The smallest absolute Gasteiger partial charge is 0.139 e. The summed E-state index contributed by atoms with van der Waals surface area (Å²) in [7, 11) is 0. The van der Waals surface area contributed by atoms with Gasteiger partial charge in [-0.2, -0.15) is 0 Å². The monoisotopic (exact) mass is 332 g/mol. The van der Waals surface area contributed by atoms with Crippen molar-refractivity contribution in [1.29, 1.82) is 5.41 Å². The van der Waals surface area contributed by atoms with Crippen molar-refractivity contribution in [2.45, 2.75) is 19.8 Å². The van der Waals surface area contributed by atoms with Crippen molar-refractivity contribution in [2.24, 2.45) is 5.73 Å². The van der Waals surface area contributed by atoms with Crippen LogP contribution in [0.4, 0.5) is 0 Å². The largest absolute Gasteiger partial charge is 0.457 e. The molecular formula is C16H17BrN2O. The summed E-state index contributed by atoms with van der Waals surface area (Å²) in [6.45, 7) is 4.30. The first-order valence-corrected chi connectivity index (χ1v) is 7.18. The molecule has 0 aromatic heterocycles. The van der Waals surface area contributed by atoms with E-state index < -0.39 is 0 Å². The van der Waals surface area contributed by atoms with Crippen molar-refractivity contribution >= 4 is 21.8 Å². The van der Waals surface area contributed by atoms with E-state index in [1.807, 2.05) is 36.4 Å². The first-order valence-electron chi connectivity index (χ1n) is 6.39. The third-order valence-corrected chi connectivity index (χ3v) is 3.50. The van der Waals surface area contributed by atoms with Gasteiger partial charge in [0.05, 0.1) is 5.56 Å². The number of hydrogen-bond donors (Lipinski definition) is 2. The average molecular weight is 333 g/mol. The number of benzene rings is 2. The topological polar surface area (TPSA) is 59.1 Å². The van der Waals surface area contributed by atoms with Gasteiger partial charge in [-0.3, -0.25) is 5.41 Å². The highest BCUT2D eigenvalue weighted by Crippen LogP contribution is 2.29. The van der Waals surface area contributed by atoms with Gasteiger partial charge in [-0.1, -0.05) is 41.9 Å². The summed E-state index contributed by atoms with van der Waals surface area (Å²) in [5.41, 5.74) is 7.42. The number of halogens is 1. The third-order valence-electron chi connectivity index (χ3n) is 3.01. The maximum atomic E-state index is 7.59. The Kier molecular flexibility index (Phi) is 4.45. The zero-order chi connectivity index (χ0) is 14.7. The van der Waals surface area contributed by atoms with Gasteiger partial charge < -0.3 is 10.5 Å². The van der Waals surface area contributed by atoms with E-state index in [1.165, 1.54) is 5.56 Å². The van der Waals surface area contributed by atoms with E-state index in [0.717, 1.165) is 10.2 Å². The molecule has 2 aromatic carbocycles. The predicted molar refractivity (Wildman–Crippen MR) is 85.8 cm³/mol. The summed E-state index contributed by atoms with van der Waals surface area (Å²) in [4.78, 5) is 0. The van der Waals surface area contributed by atoms with E-state index in [2.05, 4.69) is 29.8 Å². The molecule has 0 saturated carbocycles. The lowest BCUT2D eigenvalue weighted by Crippen LogP contribution is -2.12. The van der Waals surface area contributed by atoms with Crippen molar-refractivity contribution in [2.75, 3.05) is 0 Å². The van der Waals surface area contributed by atoms with Crippen LogP contribution in [0.2, 0.25) is 0 Å². The van der Waals surface area contributed by atoms with E-state index in [0.29, 0.717) is 17.2 Å². The van der Waals surface area contributed by atoms with Crippen LogP contribution in [-0.4, -0.2) is 5.84 Å². The molecule has 0 bridgehead atoms. The second-order valence-corrected chi connectivity index (χ2v) is 5.80. The van der Waals surface area contributed by atoms with E-state index in [-0.39, 0.29) is 5.84 Å².